The van der Waals surface area contributed by atoms with E-state index in [2.05, 4.69) is 16.0 Å². The molecule has 1 rings (SSSR count). The van der Waals surface area contributed by atoms with Crippen LogP contribution in [-0.2, 0) is 19.2 Å². The third kappa shape index (κ3) is 3.27. The molecule has 0 aromatic carbocycles. The normalized spacial score (nSPS) is 20.3. The first-order chi connectivity index (χ1) is 8.10. The van der Waals surface area contributed by atoms with Gasteiger partial charge in [0, 0.05) is 19.5 Å². The zero-order valence-corrected chi connectivity index (χ0v) is 9.49. The van der Waals surface area contributed by atoms with Crippen LogP contribution in [0.2, 0.25) is 0 Å². The number of hydrogen-bond donors (Lipinski definition) is 3. The Kier molecular flexibility index (Phi) is 4.62. The molecule has 0 spiro atoms. The molecule has 1 fully saturated rings. The highest BCUT2D eigenvalue weighted by Crippen LogP contribution is 2.16. The lowest BCUT2D eigenvalue weighted by atomic mass is 9.95. The van der Waals surface area contributed by atoms with Crippen LogP contribution in [0.1, 0.15) is 12.8 Å². The zero-order valence-electron chi connectivity index (χ0n) is 9.49. The number of likely N-dealkylation sites (N-methyl/N-ethyl adjacent to an activating group) is 1. The van der Waals surface area contributed by atoms with Gasteiger partial charge in [0.25, 0.3) is 5.91 Å². The molecule has 0 aromatic heterocycles. The molecular weight excluding hydrogens is 226 g/mol. The summed E-state index contributed by atoms with van der Waals surface area (Å²) in [7, 11) is 1.33. The van der Waals surface area contributed by atoms with E-state index in [1.807, 2.05) is 0 Å². The molecule has 1 saturated heterocycles. The highest BCUT2D eigenvalue weighted by molar-refractivity contribution is 6.38. The highest BCUT2D eigenvalue weighted by Gasteiger charge is 2.32. The predicted molar refractivity (Wildman–Crippen MR) is 57.8 cm³/mol. The van der Waals surface area contributed by atoms with Crippen molar-refractivity contribution in [1.29, 1.82) is 0 Å². The second-order valence-electron chi connectivity index (χ2n) is 3.79. The fourth-order valence-electron chi connectivity index (χ4n) is 1.77. The van der Waals surface area contributed by atoms with Gasteiger partial charge in [-0.3, -0.25) is 19.2 Å². The lowest BCUT2D eigenvalue weighted by molar-refractivity contribution is -0.139. The van der Waals surface area contributed by atoms with E-state index in [1.165, 1.54) is 7.05 Å². The number of ketones is 1. The van der Waals surface area contributed by atoms with Crippen molar-refractivity contribution in [3.05, 3.63) is 0 Å². The van der Waals surface area contributed by atoms with E-state index >= 15 is 0 Å². The lowest BCUT2D eigenvalue weighted by Gasteiger charge is -2.16. The van der Waals surface area contributed by atoms with Crippen molar-refractivity contribution in [1.82, 2.24) is 16.0 Å². The van der Waals surface area contributed by atoms with E-state index < -0.39 is 17.7 Å². The first-order valence-corrected chi connectivity index (χ1v) is 5.33. The molecule has 17 heavy (non-hydrogen) atoms. The minimum absolute atomic E-state index is 0.146. The van der Waals surface area contributed by atoms with Crippen molar-refractivity contribution in [2.45, 2.75) is 18.9 Å². The molecule has 7 heteroatoms. The van der Waals surface area contributed by atoms with Crippen LogP contribution in [0.3, 0.4) is 0 Å². The van der Waals surface area contributed by atoms with Crippen LogP contribution in [0, 0.1) is 5.92 Å². The molecule has 1 heterocycles. The topological polar surface area (TPSA) is 104 Å². The first-order valence-electron chi connectivity index (χ1n) is 5.33. The summed E-state index contributed by atoms with van der Waals surface area (Å²) in [6, 6.07) is -0.943. The van der Waals surface area contributed by atoms with Crippen molar-refractivity contribution in [2.24, 2.45) is 5.92 Å². The van der Waals surface area contributed by atoms with Gasteiger partial charge in [-0.1, -0.05) is 0 Å². The molecule has 2 atom stereocenters. The maximum absolute atomic E-state index is 11.6. The number of nitrogens with one attached hydrogen (secondary N) is 3. The Morgan fingerprint density at radius 1 is 1.59 bits per heavy atom. The van der Waals surface area contributed by atoms with E-state index in [9.17, 15) is 19.2 Å². The standard InChI is InChI=1S/C10H15N3O4/c1-11-10(17)8(15)7(13-5-14)4-6-2-3-12-9(6)16/h5-7H,2-4H2,1H3,(H,11,17)(H,12,16)(H,13,14). The Hall–Kier alpha value is -1.92. The second kappa shape index (κ2) is 5.97. The van der Waals surface area contributed by atoms with Crippen molar-refractivity contribution in [3.8, 4) is 0 Å². The maximum atomic E-state index is 11.6. The molecule has 1 aliphatic rings. The minimum Gasteiger partial charge on any atom is -0.356 e. The molecule has 7 nitrogen and oxygen atoms in total. The Morgan fingerprint density at radius 2 is 2.29 bits per heavy atom. The van der Waals surface area contributed by atoms with Gasteiger partial charge in [-0.15, -0.1) is 0 Å². The molecule has 0 radical (unpaired) electrons. The van der Waals surface area contributed by atoms with E-state index in [4.69, 9.17) is 0 Å². The van der Waals surface area contributed by atoms with E-state index in [0.29, 0.717) is 19.4 Å². The maximum Gasteiger partial charge on any atom is 0.289 e. The molecular formula is C10H15N3O4. The average Bonchev–Trinajstić information content (AvgIpc) is 2.72. The third-order valence-electron chi connectivity index (χ3n) is 2.72. The van der Waals surface area contributed by atoms with Crippen molar-refractivity contribution in [2.75, 3.05) is 13.6 Å². The monoisotopic (exact) mass is 241 g/mol. The van der Waals surface area contributed by atoms with Crippen LogP contribution in [0.15, 0.2) is 0 Å². The molecule has 1 aliphatic heterocycles. The number of Topliss-reactive ketones (excluding diaryl/α,β-unsaturated/α-hetero) is 1. The summed E-state index contributed by atoms with van der Waals surface area (Å²) in [5.74, 6) is -1.99. The molecule has 0 aromatic rings. The van der Waals surface area contributed by atoms with Gasteiger partial charge in [-0.05, 0) is 12.8 Å². The van der Waals surface area contributed by atoms with E-state index in [0.717, 1.165) is 0 Å². The van der Waals surface area contributed by atoms with Gasteiger partial charge in [0.2, 0.25) is 18.1 Å². The van der Waals surface area contributed by atoms with Crippen LogP contribution >= 0.6 is 0 Å². The lowest BCUT2D eigenvalue weighted by Crippen LogP contribution is -2.45. The molecule has 0 aliphatic carbocycles. The Labute approximate surface area is 98.3 Å². The van der Waals surface area contributed by atoms with Gasteiger partial charge in [-0.25, -0.2) is 0 Å². The fourth-order valence-corrected chi connectivity index (χ4v) is 1.77. The van der Waals surface area contributed by atoms with Gasteiger partial charge in [-0.2, -0.15) is 0 Å². The van der Waals surface area contributed by atoms with E-state index in [1.54, 1.807) is 0 Å². The average molecular weight is 241 g/mol. The Balaban J connectivity index is 2.65. The van der Waals surface area contributed by atoms with Crippen molar-refractivity contribution >= 4 is 24.0 Å². The SMILES string of the molecule is CNC(=O)C(=O)C(CC1CCNC1=O)NC=O. The summed E-state index contributed by atoms with van der Waals surface area (Å²) in [6.07, 6.45) is 1.12. The third-order valence-corrected chi connectivity index (χ3v) is 2.72. The summed E-state index contributed by atoms with van der Waals surface area (Å²) in [5, 5.41) is 7.10. The van der Waals surface area contributed by atoms with Gasteiger partial charge in [0.05, 0.1) is 6.04 Å². The molecule has 2 unspecified atom stereocenters. The Morgan fingerprint density at radius 3 is 2.76 bits per heavy atom. The van der Waals surface area contributed by atoms with Crippen molar-refractivity contribution < 1.29 is 19.2 Å². The molecule has 94 valence electrons. The highest BCUT2D eigenvalue weighted by atomic mass is 16.2. The van der Waals surface area contributed by atoms with Crippen LogP contribution < -0.4 is 16.0 Å². The van der Waals surface area contributed by atoms with Gasteiger partial charge < -0.3 is 16.0 Å². The summed E-state index contributed by atoms with van der Waals surface area (Å²) in [4.78, 5) is 44.5. The van der Waals surface area contributed by atoms with Gasteiger partial charge >= 0.3 is 0 Å². The Bertz CT molecular complexity index is 342. The summed E-state index contributed by atoms with van der Waals surface area (Å²) in [6.45, 7) is 0.561. The van der Waals surface area contributed by atoms with Gasteiger partial charge in [0.15, 0.2) is 0 Å². The largest absolute Gasteiger partial charge is 0.356 e. The number of rotatable bonds is 6. The predicted octanol–water partition coefficient (Wildman–Crippen LogP) is -2.06. The number of hydrogen-bond acceptors (Lipinski definition) is 4. The summed E-state index contributed by atoms with van der Waals surface area (Å²) < 4.78 is 0. The summed E-state index contributed by atoms with van der Waals surface area (Å²) in [5.41, 5.74) is 0. The minimum atomic E-state index is -0.943. The fraction of sp³-hybridized carbons (Fsp3) is 0.600. The molecule has 3 amide bonds. The van der Waals surface area contributed by atoms with E-state index in [-0.39, 0.29) is 18.2 Å². The van der Waals surface area contributed by atoms with Crippen LogP contribution in [0.25, 0.3) is 0 Å². The molecule has 0 bridgehead atoms. The summed E-state index contributed by atoms with van der Waals surface area (Å²) >= 11 is 0. The smallest absolute Gasteiger partial charge is 0.289 e. The first kappa shape index (κ1) is 13.1. The molecule has 3 N–H and O–H groups in total. The van der Waals surface area contributed by atoms with Crippen LogP contribution in [-0.4, -0.2) is 43.6 Å². The van der Waals surface area contributed by atoms with Crippen LogP contribution in [0.4, 0.5) is 0 Å². The van der Waals surface area contributed by atoms with Crippen molar-refractivity contribution in [3.63, 3.8) is 0 Å². The quantitative estimate of drug-likeness (QED) is 0.367. The molecule has 0 saturated carbocycles. The number of amides is 3. The number of carbonyl (C=O) groups excluding carboxylic acids is 4. The zero-order chi connectivity index (χ0) is 12.8. The number of carbonyl (C=O) groups is 4. The van der Waals surface area contributed by atoms with Crippen LogP contribution in [0.5, 0.6) is 0 Å². The van der Waals surface area contributed by atoms with Gasteiger partial charge in [0.1, 0.15) is 0 Å². The second-order valence-corrected chi connectivity index (χ2v) is 3.79.